The van der Waals surface area contributed by atoms with Crippen molar-refractivity contribution < 1.29 is 14.6 Å². The summed E-state index contributed by atoms with van der Waals surface area (Å²) >= 11 is 0. The summed E-state index contributed by atoms with van der Waals surface area (Å²) in [5, 5.41) is 18.3. The summed E-state index contributed by atoms with van der Waals surface area (Å²) < 4.78 is 7.61. The normalized spacial score (nSPS) is 20.3. The number of fused-ring (bicyclic) bond motifs is 1. The summed E-state index contributed by atoms with van der Waals surface area (Å²) in [6.07, 6.45) is 5.61. The summed E-state index contributed by atoms with van der Waals surface area (Å²) in [6.45, 7) is 4.93. The molecule has 1 aliphatic rings. The third-order valence-corrected chi connectivity index (χ3v) is 4.56. The van der Waals surface area contributed by atoms with E-state index in [2.05, 4.69) is 19.9 Å². The van der Waals surface area contributed by atoms with Crippen LogP contribution in [0.15, 0.2) is 24.5 Å². The van der Waals surface area contributed by atoms with Crippen molar-refractivity contribution in [2.24, 2.45) is 0 Å². The molecule has 1 atom stereocenters. The molecule has 1 aliphatic heterocycles. The molecule has 0 spiro atoms. The summed E-state index contributed by atoms with van der Waals surface area (Å²) in [6, 6.07) is 6.03. The quantitative estimate of drug-likeness (QED) is 0.943. The fraction of sp³-hybridized carbons (Fsp3) is 0.444. The Morgan fingerprint density at radius 1 is 1.48 bits per heavy atom. The van der Waals surface area contributed by atoms with Crippen LogP contribution in [0.1, 0.15) is 54.1 Å². The van der Waals surface area contributed by atoms with Gasteiger partial charge in [0.1, 0.15) is 0 Å². The number of ether oxygens (including phenoxy) is 1. The van der Waals surface area contributed by atoms with Gasteiger partial charge in [0.25, 0.3) is 0 Å². The van der Waals surface area contributed by atoms with Crippen LogP contribution >= 0.6 is 0 Å². The Morgan fingerprint density at radius 2 is 2.26 bits per heavy atom. The van der Waals surface area contributed by atoms with Gasteiger partial charge in [-0.1, -0.05) is 6.07 Å². The van der Waals surface area contributed by atoms with Crippen molar-refractivity contribution in [3.8, 4) is 6.07 Å². The molecule has 3 rings (SSSR count). The number of hydrogen-bond donors (Lipinski definition) is 1. The van der Waals surface area contributed by atoms with Crippen LogP contribution in [0.4, 0.5) is 0 Å². The Hall–Kier alpha value is -2.32. The average molecular weight is 312 g/mol. The zero-order chi connectivity index (χ0) is 16.6. The predicted molar refractivity (Wildman–Crippen MR) is 85.7 cm³/mol. The van der Waals surface area contributed by atoms with Crippen molar-refractivity contribution in [2.75, 3.05) is 6.61 Å². The van der Waals surface area contributed by atoms with E-state index in [1.54, 1.807) is 6.20 Å². The first kappa shape index (κ1) is 15.6. The number of nitrogens with zero attached hydrogens (tertiary/aromatic N) is 2. The second-order valence-corrected chi connectivity index (χ2v) is 6.71. The van der Waals surface area contributed by atoms with E-state index in [0.717, 1.165) is 25.0 Å². The Kier molecular flexibility index (Phi) is 3.87. The fourth-order valence-electron chi connectivity index (χ4n) is 3.46. The van der Waals surface area contributed by atoms with Crippen LogP contribution in [-0.2, 0) is 11.2 Å². The van der Waals surface area contributed by atoms with Gasteiger partial charge < -0.3 is 14.2 Å². The number of pyridine rings is 1. The minimum Gasteiger partial charge on any atom is -0.478 e. The largest absolute Gasteiger partial charge is 0.478 e. The van der Waals surface area contributed by atoms with Crippen molar-refractivity contribution in [2.45, 2.75) is 44.6 Å². The minimum absolute atomic E-state index is 0.0990. The molecular formula is C18H20N2O3. The lowest BCUT2D eigenvalue weighted by atomic mass is 9.84. The smallest absolute Gasteiger partial charge is 0.337 e. The van der Waals surface area contributed by atoms with E-state index in [-0.39, 0.29) is 17.6 Å². The van der Waals surface area contributed by atoms with Crippen LogP contribution in [0.3, 0.4) is 0 Å². The van der Waals surface area contributed by atoms with Crippen LogP contribution in [0.5, 0.6) is 0 Å². The van der Waals surface area contributed by atoms with Crippen molar-refractivity contribution in [1.29, 1.82) is 5.26 Å². The molecule has 3 heterocycles. The van der Waals surface area contributed by atoms with Crippen molar-refractivity contribution in [1.82, 2.24) is 4.40 Å². The molecule has 0 bridgehead atoms. The van der Waals surface area contributed by atoms with E-state index in [1.165, 1.54) is 5.56 Å². The number of rotatable bonds is 3. The van der Waals surface area contributed by atoms with E-state index in [9.17, 15) is 9.90 Å². The van der Waals surface area contributed by atoms with Gasteiger partial charge in [-0.2, -0.15) is 5.26 Å². The summed E-state index contributed by atoms with van der Waals surface area (Å²) in [5.74, 6) is -0.592. The Balaban J connectivity index is 2.03. The first-order valence-corrected chi connectivity index (χ1v) is 7.79. The van der Waals surface area contributed by atoms with Gasteiger partial charge in [0, 0.05) is 24.6 Å². The molecule has 5 nitrogen and oxygen atoms in total. The second-order valence-electron chi connectivity index (χ2n) is 6.71. The lowest BCUT2D eigenvalue weighted by Crippen LogP contribution is -2.33. The molecule has 5 heteroatoms. The molecule has 0 amide bonds. The number of carboxylic acids is 1. The number of carbonyl (C=O) groups is 1. The summed E-state index contributed by atoms with van der Waals surface area (Å²) in [4.78, 5) is 11.4. The zero-order valence-corrected chi connectivity index (χ0v) is 13.4. The minimum atomic E-state index is -0.993. The van der Waals surface area contributed by atoms with Crippen LogP contribution in [0.2, 0.25) is 0 Å². The zero-order valence-electron chi connectivity index (χ0n) is 13.4. The standard InChI is InChI=1S/C18H20N2O3/c1-18(2)9-12(6-8-23-18)13-3-4-16-14(5-7-19)15(17(21)22)11-20(16)10-13/h3-4,10-12H,5-6,8-9H2,1-2H3,(H,21,22)/t12-/m0/s1. The van der Waals surface area contributed by atoms with Gasteiger partial charge in [0.15, 0.2) is 0 Å². The predicted octanol–water partition coefficient (Wildman–Crippen LogP) is 3.38. The number of nitriles is 1. The molecular weight excluding hydrogens is 292 g/mol. The molecule has 1 N–H and O–H groups in total. The maximum Gasteiger partial charge on any atom is 0.337 e. The maximum absolute atomic E-state index is 11.4. The van der Waals surface area contributed by atoms with Gasteiger partial charge >= 0.3 is 5.97 Å². The number of aromatic carboxylic acids is 1. The molecule has 0 radical (unpaired) electrons. The third kappa shape index (κ3) is 2.95. The topological polar surface area (TPSA) is 74.7 Å². The Bertz CT molecular complexity index is 798. The second kappa shape index (κ2) is 5.71. The van der Waals surface area contributed by atoms with E-state index in [1.807, 2.05) is 22.7 Å². The van der Waals surface area contributed by atoms with Gasteiger partial charge in [0.05, 0.1) is 29.2 Å². The molecule has 1 fully saturated rings. The molecule has 0 aromatic carbocycles. The Morgan fingerprint density at radius 3 is 2.91 bits per heavy atom. The lowest BCUT2D eigenvalue weighted by Gasteiger charge is -2.35. The van der Waals surface area contributed by atoms with E-state index in [4.69, 9.17) is 10.00 Å². The van der Waals surface area contributed by atoms with Crippen molar-refractivity contribution in [3.05, 3.63) is 41.2 Å². The molecule has 0 aliphatic carbocycles. The lowest BCUT2D eigenvalue weighted by molar-refractivity contribution is -0.0593. The number of carboxylic acid groups (broad SMARTS) is 1. The third-order valence-electron chi connectivity index (χ3n) is 4.56. The fourth-order valence-corrected chi connectivity index (χ4v) is 3.46. The first-order valence-electron chi connectivity index (χ1n) is 7.79. The monoisotopic (exact) mass is 312 g/mol. The van der Waals surface area contributed by atoms with Crippen LogP contribution in [-0.4, -0.2) is 27.7 Å². The van der Waals surface area contributed by atoms with Gasteiger partial charge in [-0.3, -0.25) is 0 Å². The highest BCUT2D eigenvalue weighted by molar-refractivity contribution is 5.92. The van der Waals surface area contributed by atoms with Gasteiger partial charge in [-0.05, 0) is 44.2 Å². The number of aromatic nitrogens is 1. The molecule has 0 unspecified atom stereocenters. The van der Waals surface area contributed by atoms with Gasteiger partial charge in [-0.15, -0.1) is 0 Å². The Labute approximate surface area is 135 Å². The van der Waals surface area contributed by atoms with Crippen LogP contribution in [0.25, 0.3) is 5.52 Å². The van der Waals surface area contributed by atoms with Crippen molar-refractivity contribution in [3.63, 3.8) is 0 Å². The molecule has 120 valence electrons. The highest BCUT2D eigenvalue weighted by atomic mass is 16.5. The SMILES string of the molecule is CC1(C)C[C@@H](c2ccc3c(CC#N)c(C(=O)O)cn3c2)CCO1. The van der Waals surface area contributed by atoms with E-state index in [0.29, 0.717) is 11.5 Å². The summed E-state index contributed by atoms with van der Waals surface area (Å²) in [7, 11) is 0. The highest BCUT2D eigenvalue weighted by Gasteiger charge is 2.30. The molecule has 2 aromatic heterocycles. The van der Waals surface area contributed by atoms with Crippen LogP contribution < -0.4 is 0 Å². The van der Waals surface area contributed by atoms with E-state index < -0.39 is 5.97 Å². The molecule has 0 saturated carbocycles. The average Bonchev–Trinajstić information content (AvgIpc) is 2.85. The maximum atomic E-state index is 11.4. The van der Waals surface area contributed by atoms with Crippen LogP contribution in [0, 0.1) is 11.3 Å². The van der Waals surface area contributed by atoms with Gasteiger partial charge in [-0.25, -0.2) is 4.79 Å². The van der Waals surface area contributed by atoms with Crippen molar-refractivity contribution >= 4 is 11.5 Å². The molecule has 2 aromatic rings. The molecule has 1 saturated heterocycles. The molecule has 23 heavy (non-hydrogen) atoms. The number of hydrogen-bond acceptors (Lipinski definition) is 3. The highest BCUT2D eigenvalue weighted by Crippen LogP contribution is 2.36. The first-order chi connectivity index (χ1) is 10.9. The van der Waals surface area contributed by atoms with Gasteiger partial charge in [0.2, 0.25) is 0 Å². The summed E-state index contributed by atoms with van der Waals surface area (Å²) in [5.41, 5.74) is 2.63. The van der Waals surface area contributed by atoms with E-state index >= 15 is 0 Å².